The van der Waals surface area contributed by atoms with Crippen LogP contribution in [0, 0.1) is 19.3 Å². The van der Waals surface area contributed by atoms with Gasteiger partial charge in [0.2, 0.25) is 0 Å². The van der Waals surface area contributed by atoms with Gasteiger partial charge in [0, 0.05) is 54.8 Å². The molecule has 2 aromatic heterocycles. The number of ether oxygens (including phenoxy) is 1. The molecule has 8 heteroatoms. The molecule has 4 heterocycles. The third-order valence-electron chi connectivity index (χ3n) is 8.23. The SMILES string of the molecule is Cc1nc(C)c(-c2ccc3c(c2)CCN(c2cc(Cl)ncn2)C3)c(N2CCC(C)(C)CC2)c1CC(=O)OC(C)C. The maximum Gasteiger partial charge on any atom is 0.310 e. The second-order valence-corrected chi connectivity index (χ2v) is 12.6. The number of aromatic nitrogens is 3. The first-order valence-corrected chi connectivity index (χ1v) is 14.7. The van der Waals surface area contributed by atoms with Crippen molar-refractivity contribution in [1.29, 1.82) is 0 Å². The molecule has 0 unspecified atom stereocenters. The molecule has 0 amide bonds. The molecule has 40 heavy (non-hydrogen) atoms. The third kappa shape index (κ3) is 6.09. The molecule has 2 aliphatic heterocycles. The normalized spacial score (nSPS) is 16.7. The summed E-state index contributed by atoms with van der Waals surface area (Å²) in [7, 11) is 0. The van der Waals surface area contributed by atoms with Crippen molar-refractivity contribution in [3.8, 4) is 11.1 Å². The number of rotatable bonds is 6. The smallest absolute Gasteiger partial charge is 0.310 e. The first-order chi connectivity index (χ1) is 19.0. The number of anilines is 2. The summed E-state index contributed by atoms with van der Waals surface area (Å²) in [5.41, 5.74) is 9.24. The first-order valence-electron chi connectivity index (χ1n) is 14.3. The average molecular weight is 562 g/mol. The van der Waals surface area contributed by atoms with Gasteiger partial charge in [-0.25, -0.2) is 9.97 Å². The molecule has 1 saturated heterocycles. The van der Waals surface area contributed by atoms with Crippen LogP contribution in [-0.2, 0) is 28.9 Å². The van der Waals surface area contributed by atoms with E-state index in [1.165, 1.54) is 17.5 Å². The first kappa shape index (κ1) is 28.3. The molecule has 0 bridgehead atoms. The van der Waals surface area contributed by atoms with Crippen LogP contribution in [0.3, 0.4) is 0 Å². The highest BCUT2D eigenvalue weighted by molar-refractivity contribution is 6.29. The van der Waals surface area contributed by atoms with E-state index in [9.17, 15) is 4.79 Å². The molecule has 3 aromatic rings. The lowest BCUT2D eigenvalue weighted by atomic mass is 9.82. The molecule has 7 nitrogen and oxygen atoms in total. The van der Waals surface area contributed by atoms with Crippen LogP contribution in [0.5, 0.6) is 0 Å². The van der Waals surface area contributed by atoms with Crippen molar-refractivity contribution in [3.05, 3.63) is 63.8 Å². The van der Waals surface area contributed by atoms with Gasteiger partial charge < -0.3 is 14.5 Å². The summed E-state index contributed by atoms with van der Waals surface area (Å²) in [6, 6.07) is 8.59. The number of pyridine rings is 1. The van der Waals surface area contributed by atoms with Crippen LogP contribution in [0.1, 0.15) is 68.6 Å². The van der Waals surface area contributed by atoms with Crippen LogP contribution < -0.4 is 9.80 Å². The number of hydrogen-bond donors (Lipinski definition) is 0. The summed E-state index contributed by atoms with van der Waals surface area (Å²) in [6.07, 6.45) is 4.71. The fourth-order valence-corrected chi connectivity index (χ4v) is 6.10. The van der Waals surface area contributed by atoms with Crippen molar-refractivity contribution >= 4 is 29.1 Å². The minimum absolute atomic E-state index is 0.150. The van der Waals surface area contributed by atoms with E-state index < -0.39 is 0 Å². The topological polar surface area (TPSA) is 71.5 Å². The Morgan fingerprint density at radius 2 is 1.77 bits per heavy atom. The minimum atomic E-state index is -0.205. The Hall–Kier alpha value is -3.19. The predicted molar refractivity (Wildman–Crippen MR) is 161 cm³/mol. The van der Waals surface area contributed by atoms with E-state index in [0.29, 0.717) is 10.6 Å². The van der Waals surface area contributed by atoms with E-state index >= 15 is 0 Å². The number of benzene rings is 1. The molecule has 5 rings (SSSR count). The average Bonchev–Trinajstić information content (AvgIpc) is 2.89. The van der Waals surface area contributed by atoms with Crippen LogP contribution in [0.15, 0.2) is 30.6 Å². The maximum absolute atomic E-state index is 12.9. The summed E-state index contributed by atoms with van der Waals surface area (Å²) >= 11 is 6.13. The summed E-state index contributed by atoms with van der Waals surface area (Å²) < 4.78 is 5.58. The molecular weight excluding hydrogens is 522 g/mol. The summed E-state index contributed by atoms with van der Waals surface area (Å²) in [6.45, 7) is 16.1. The molecule has 2 aliphatic rings. The molecule has 0 N–H and O–H groups in total. The zero-order valence-electron chi connectivity index (χ0n) is 24.6. The quantitative estimate of drug-likeness (QED) is 0.251. The van der Waals surface area contributed by atoms with Gasteiger partial charge in [0.1, 0.15) is 17.3 Å². The van der Waals surface area contributed by atoms with Crippen molar-refractivity contribution in [2.75, 3.05) is 29.4 Å². The number of piperidine rings is 1. The van der Waals surface area contributed by atoms with Gasteiger partial charge in [-0.1, -0.05) is 43.6 Å². The van der Waals surface area contributed by atoms with Crippen molar-refractivity contribution in [2.24, 2.45) is 5.41 Å². The van der Waals surface area contributed by atoms with Crippen LogP contribution in [-0.4, -0.2) is 46.7 Å². The summed E-state index contributed by atoms with van der Waals surface area (Å²) in [5, 5.41) is 0.454. The van der Waals surface area contributed by atoms with E-state index in [1.54, 1.807) is 0 Å². The number of nitrogens with zero attached hydrogens (tertiary/aromatic N) is 5. The molecule has 0 spiro atoms. The van der Waals surface area contributed by atoms with Crippen molar-refractivity contribution in [1.82, 2.24) is 15.0 Å². The zero-order valence-corrected chi connectivity index (χ0v) is 25.3. The molecule has 0 atom stereocenters. The van der Waals surface area contributed by atoms with Gasteiger partial charge in [-0.3, -0.25) is 9.78 Å². The summed E-state index contributed by atoms with van der Waals surface area (Å²) in [5.74, 6) is 0.644. The number of aryl methyl sites for hydroxylation is 2. The lowest BCUT2D eigenvalue weighted by molar-refractivity contribution is -0.146. The molecule has 0 aliphatic carbocycles. The number of halogens is 1. The second kappa shape index (κ2) is 11.4. The highest BCUT2D eigenvalue weighted by Gasteiger charge is 2.31. The zero-order chi connectivity index (χ0) is 28.6. The largest absolute Gasteiger partial charge is 0.463 e. The van der Waals surface area contributed by atoms with Crippen molar-refractivity contribution in [3.63, 3.8) is 0 Å². The van der Waals surface area contributed by atoms with E-state index in [0.717, 1.165) is 85.0 Å². The second-order valence-electron chi connectivity index (χ2n) is 12.2. The summed E-state index contributed by atoms with van der Waals surface area (Å²) in [4.78, 5) is 31.1. The maximum atomic E-state index is 12.9. The highest BCUT2D eigenvalue weighted by atomic mass is 35.5. The molecule has 1 aromatic carbocycles. The Morgan fingerprint density at radius 3 is 2.48 bits per heavy atom. The number of hydrogen-bond acceptors (Lipinski definition) is 7. The van der Waals surface area contributed by atoms with Crippen LogP contribution >= 0.6 is 11.6 Å². The van der Waals surface area contributed by atoms with Crippen LogP contribution in [0.4, 0.5) is 11.5 Å². The van der Waals surface area contributed by atoms with Gasteiger partial charge in [-0.15, -0.1) is 0 Å². The highest BCUT2D eigenvalue weighted by Crippen LogP contribution is 2.42. The Morgan fingerprint density at radius 1 is 1.02 bits per heavy atom. The molecule has 1 fully saturated rings. The van der Waals surface area contributed by atoms with E-state index in [2.05, 4.69) is 58.7 Å². The van der Waals surface area contributed by atoms with E-state index in [4.69, 9.17) is 21.3 Å². The number of carbonyl (C=O) groups is 1. The van der Waals surface area contributed by atoms with Gasteiger partial charge in [0.15, 0.2) is 0 Å². The molecule has 0 saturated carbocycles. The van der Waals surface area contributed by atoms with Crippen LogP contribution in [0.25, 0.3) is 11.1 Å². The Bertz CT molecular complexity index is 1410. The number of fused-ring (bicyclic) bond motifs is 1. The number of esters is 1. The third-order valence-corrected chi connectivity index (χ3v) is 8.44. The monoisotopic (exact) mass is 561 g/mol. The van der Waals surface area contributed by atoms with E-state index in [1.807, 2.05) is 26.8 Å². The molecule has 0 radical (unpaired) electrons. The van der Waals surface area contributed by atoms with Crippen LogP contribution in [0.2, 0.25) is 5.15 Å². The lowest BCUT2D eigenvalue weighted by Gasteiger charge is -2.40. The standard InChI is InChI=1S/C32H40ClN5O2/c1-20(2)40-29(39)16-26-21(3)36-22(4)30(31(26)37-13-10-32(5,6)11-14-37)24-7-8-25-18-38(12-9-23(25)15-24)28-17-27(33)34-19-35-28/h7-8,15,17,19-20H,9-14,16,18H2,1-6H3. The molecular formula is C32H40ClN5O2. The fourth-order valence-electron chi connectivity index (χ4n) is 5.96. The Kier molecular flexibility index (Phi) is 8.05. The van der Waals surface area contributed by atoms with Gasteiger partial charge >= 0.3 is 5.97 Å². The minimum Gasteiger partial charge on any atom is -0.463 e. The van der Waals surface area contributed by atoms with Gasteiger partial charge in [0.25, 0.3) is 0 Å². The predicted octanol–water partition coefficient (Wildman–Crippen LogP) is 6.49. The number of carbonyl (C=O) groups excluding carboxylic acids is 1. The van der Waals surface area contributed by atoms with Crippen molar-refractivity contribution in [2.45, 2.75) is 79.9 Å². The Labute approximate surface area is 242 Å². The fraction of sp³-hybridized carbons (Fsp3) is 0.500. The van der Waals surface area contributed by atoms with Gasteiger partial charge in [-0.2, -0.15) is 0 Å². The van der Waals surface area contributed by atoms with Crippen molar-refractivity contribution < 1.29 is 9.53 Å². The lowest BCUT2D eigenvalue weighted by Crippen LogP contribution is -2.38. The molecule has 212 valence electrons. The van der Waals surface area contributed by atoms with Gasteiger partial charge in [0.05, 0.1) is 18.2 Å². The van der Waals surface area contributed by atoms with E-state index in [-0.39, 0.29) is 18.5 Å². The Balaban J connectivity index is 1.55. The van der Waals surface area contributed by atoms with Gasteiger partial charge in [-0.05, 0) is 69.1 Å².